The van der Waals surface area contributed by atoms with Crippen LogP contribution in [0.1, 0.15) is 44.1 Å². The second-order valence-corrected chi connectivity index (χ2v) is 11.4. The number of hydrazone groups is 1. The Labute approximate surface area is 240 Å². The van der Waals surface area contributed by atoms with E-state index in [9.17, 15) is 9.59 Å². The number of nitrogens with zero attached hydrogens (tertiary/aromatic N) is 5. The van der Waals surface area contributed by atoms with E-state index < -0.39 is 0 Å². The number of halogens is 1. The fraction of sp³-hybridized carbons (Fsp3) is 0.500. The van der Waals surface area contributed by atoms with Gasteiger partial charge in [0.1, 0.15) is 11.6 Å². The lowest BCUT2D eigenvalue weighted by Crippen LogP contribution is -2.67. The van der Waals surface area contributed by atoms with E-state index in [1.807, 2.05) is 52.3 Å². The molecular formula is C30H37ClN6O3. The molecule has 1 saturated carbocycles. The Balaban J connectivity index is 1.10. The topological polar surface area (TPSA) is 80.7 Å². The van der Waals surface area contributed by atoms with Gasteiger partial charge in [0.25, 0.3) is 0 Å². The van der Waals surface area contributed by atoms with E-state index in [0.29, 0.717) is 37.5 Å². The summed E-state index contributed by atoms with van der Waals surface area (Å²) in [5.41, 5.74) is 5.22. The van der Waals surface area contributed by atoms with Crippen molar-refractivity contribution in [3.8, 4) is 5.75 Å². The van der Waals surface area contributed by atoms with Gasteiger partial charge in [-0.2, -0.15) is 5.10 Å². The van der Waals surface area contributed by atoms with Crippen molar-refractivity contribution < 1.29 is 14.3 Å². The van der Waals surface area contributed by atoms with Gasteiger partial charge in [0.05, 0.1) is 25.3 Å². The monoisotopic (exact) mass is 564 g/mol. The Kier molecular flexibility index (Phi) is 7.74. The number of para-hydroxylation sites is 2. The number of rotatable bonds is 7. The first-order valence-corrected chi connectivity index (χ1v) is 14.7. The van der Waals surface area contributed by atoms with Gasteiger partial charge < -0.3 is 19.4 Å². The van der Waals surface area contributed by atoms with Crippen LogP contribution in [0.15, 0.2) is 53.6 Å². The van der Waals surface area contributed by atoms with E-state index in [1.165, 1.54) is 0 Å². The fourth-order valence-corrected chi connectivity index (χ4v) is 6.87. The molecule has 2 saturated heterocycles. The molecule has 0 aromatic heterocycles. The van der Waals surface area contributed by atoms with Crippen molar-refractivity contribution in [3.05, 3.63) is 59.1 Å². The minimum atomic E-state index is -0.349. The smallest absolute Gasteiger partial charge is 0.231 e. The third-order valence-electron chi connectivity index (χ3n) is 8.77. The van der Waals surface area contributed by atoms with Crippen molar-refractivity contribution >= 4 is 34.9 Å². The predicted molar refractivity (Wildman–Crippen MR) is 155 cm³/mol. The van der Waals surface area contributed by atoms with Gasteiger partial charge in [0, 0.05) is 50.1 Å². The number of methoxy groups -OCH3 is 1. The van der Waals surface area contributed by atoms with Gasteiger partial charge in [-0.25, -0.2) is 0 Å². The molecule has 6 rings (SSSR count). The van der Waals surface area contributed by atoms with E-state index in [-0.39, 0.29) is 30.1 Å². The molecule has 3 fully saturated rings. The lowest BCUT2D eigenvalue weighted by Gasteiger charge is -2.50. The number of amides is 2. The molecule has 4 aliphatic rings. The Morgan fingerprint density at radius 2 is 1.80 bits per heavy atom. The lowest BCUT2D eigenvalue weighted by atomic mass is 9.80. The molecule has 1 N–H and O–H groups in total. The van der Waals surface area contributed by atoms with Crippen LogP contribution in [-0.4, -0.2) is 78.0 Å². The molecule has 2 amide bonds. The number of anilines is 1. The highest BCUT2D eigenvalue weighted by molar-refractivity contribution is 6.31. The van der Waals surface area contributed by atoms with E-state index in [4.69, 9.17) is 16.3 Å². The van der Waals surface area contributed by atoms with Crippen molar-refractivity contribution in [2.75, 3.05) is 38.2 Å². The summed E-state index contributed by atoms with van der Waals surface area (Å²) in [6.07, 6.45) is 4.61. The summed E-state index contributed by atoms with van der Waals surface area (Å²) >= 11 is 6.47. The van der Waals surface area contributed by atoms with E-state index in [2.05, 4.69) is 26.4 Å². The Hall–Kier alpha value is -3.46. The third kappa shape index (κ3) is 5.07. The molecule has 3 atom stereocenters. The van der Waals surface area contributed by atoms with Crippen LogP contribution >= 0.6 is 11.6 Å². The van der Waals surface area contributed by atoms with E-state index in [1.54, 1.807) is 7.11 Å². The molecule has 2 aromatic rings. The SMILES string of the molecule is COc1ccccc1N1CCN(C(=O)CCC2=NNC3N(Cc4ccccc4Cl)C(=O)C4CCCCC4N23)CC1. The summed E-state index contributed by atoms with van der Waals surface area (Å²) in [6, 6.07) is 15.8. The number of ether oxygens (including phenoxy) is 1. The molecule has 10 heteroatoms. The Morgan fingerprint density at radius 3 is 2.60 bits per heavy atom. The normalized spacial score (nSPS) is 24.3. The van der Waals surface area contributed by atoms with Gasteiger partial charge in [-0.3, -0.25) is 19.9 Å². The number of benzene rings is 2. The van der Waals surface area contributed by atoms with Gasteiger partial charge in [0.2, 0.25) is 11.8 Å². The standard InChI is InChI=1S/C30H37ClN6O3/c1-40-26-13-7-6-12-25(26)34-16-18-35(19-17-34)28(38)15-14-27-32-33-30-36(20-21-8-2-4-10-23(21)31)29(39)22-9-3-5-11-24(22)37(27)30/h2,4,6-8,10,12-13,22,24,30,33H,3,5,9,11,14-20H2,1H3. The number of carbonyl (C=O) groups is 2. The number of nitrogens with one attached hydrogen (secondary N) is 1. The molecule has 40 heavy (non-hydrogen) atoms. The van der Waals surface area contributed by atoms with Gasteiger partial charge in [-0.1, -0.05) is 54.8 Å². The quantitative estimate of drug-likeness (QED) is 0.550. The third-order valence-corrected chi connectivity index (χ3v) is 9.14. The average molecular weight is 565 g/mol. The van der Waals surface area contributed by atoms with Crippen LogP contribution in [0.2, 0.25) is 5.02 Å². The summed E-state index contributed by atoms with van der Waals surface area (Å²) in [4.78, 5) is 35.3. The lowest BCUT2D eigenvalue weighted by molar-refractivity contribution is -0.156. The van der Waals surface area contributed by atoms with Crippen LogP contribution in [-0.2, 0) is 16.1 Å². The van der Waals surface area contributed by atoms with Gasteiger partial charge in [-0.05, 0) is 36.6 Å². The molecule has 0 radical (unpaired) electrons. The minimum absolute atomic E-state index is 0.0589. The number of amidine groups is 1. The van der Waals surface area contributed by atoms with Crippen molar-refractivity contribution in [2.45, 2.75) is 57.4 Å². The summed E-state index contributed by atoms with van der Waals surface area (Å²) in [5, 5.41) is 5.34. The van der Waals surface area contributed by atoms with Crippen molar-refractivity contribution in [1.82, 2.24) is 20.1 Å². The second kappa shape index (κ2) is 11.6. The van der Waals surface area contributed by atoms with Crippen LogP contribution in [0.4, 0.5) is 5.69 Å². The van der Waals surface area contributed by atoms with Gasteiger partial charge in [-0.15, -0.1) is 0 Å². The number of carbonyl (C=O) groups excluding carboxylic acids is 2. The van der Waals surface area contributed by atoms with E-state index in [0.717, 1.165) is 61.6 Å². The highest BCUT2D eigenvalue weighted by Gasteiger charge is 2.50. The summed E-state index contributed by atoms with van der Waals surface area (Å²) in [7, 11) is 1.69. The van der Waals surface area contributed by atoms with Crippen molar-refractivity contribution in [3.63, 3.8) is 0 Å². The average Bonchev–Trinajstić information content (AvgIpc) is 3.43. The zero-order valence-electron chi connectivity index (χ0n) is 23.0. The summed E-state index contributed by atoms with van der Waals surface area (Å²) in [6.45, 7) is 3.32. The second-order valence-electron chi connectivity index (χ2n) is 11.0. The zero-order chi connectivity index (χ0) is 27.6. The first-order chi connectivity index (χ1) is 19.5. The Bertz CT molecular complexity index is 1280. The van der Waals surface area contributed by atoms with Gasteiger partial charge >= 0.3 is 0 Å². The molecule has 3 heterocycles. The summed E-state index contributed by atoms with van der Waals surface area (Å²) in [5.74, 6) is 1.98. The highest BCUT2D eigenvalue weighted by atomic mass is 35.5. The highest BCUT2D eigenvalue weighted by Crippen LogP contribution is 2.39. The van der Waals surface area contributed by atoms with Crippen LogP contribution in [0.3, 0.4) is 0 Å². The largest absolute Gasteiger partial charge is 0.495 e. The zero-order valence-corrected chi connectivity index (χ0v) is 23.7. The molecule has 3 aliphatic heterocycles. The maximum Gasteiger partial charge on any atom is 0.231 e. The van der Waals surface area contributed by atoms with Crippen molar-refractivity contribution in [2.24, 2.45) is 11.0 Å². The Morgan fingerprint density at radius 1 is 1.05 bits per heavy atom. The number of hydrogen-bond acceptors (Lipinski definition) is 7. The molecular weight excluding hydrogens is 528 g/mol. The van der Waals surface area contributed by atoms with Gasteiger partial charge in [0.15, 0.2) is 6.29 Å². The van der Waals surface area contributed by atoms with E-state index >= 15 is 0 Å². The van der Waals surface area contributed by atoms with Crippen LogP contribution < -0.4 is 15.1 Å². The first-order valence-electron chi connectivity index (χ1n) is 14.3. The molecule has 0 spiro atoms. The number of hydrogen-bond donors (Lipinski definition) is 1. The molecule has 212 valence electrons. The molecule has 9 nitrogen and oxygen atoms in total. The molecule has 2 aromatic carbocycles. The minimum Gasteiger partial charge on any atom is -0.495 e. The van der Waals surface area contributed by atoms with Crippen molar-refractivity contribution in [1.29, 1.82) is 0 Å². The summed E-state index contributed by atoms with van der Waals surface area (Å²) < 4.78 is 5.53. The van der Waals surface area contributed by atoms with Crippen LogP contribution in [0, 0.1) is 5.92 Å². The molecule has 3 unspecified atom stereocenters. The maximum atomic E-state index is 13.7. The first kappa shape index (κ1) is 26.7. The van der Waals surface area contributed by atoms with Crippen LogP contribution in [0.5, 0.6) is 5.75 Å². The fourth-order valence-electron chi connectivity index (χ4n) is 6.68. The predicted octanol–water partition coefficient (Wildman–Crippen LogP) is 3.88. The van der Waals surface area contributed by atoms with Crippen LogP contribution in [0.25, 0.3) is 0 Å². The molecule has 0 bridgehead atoms. The molecule has 1 aliphatic carbocycles. The maximum absolute atomic E-state index is 13.7. The number of piperazine rings is 1. The number of fused-ring (bicyclic) bond motifs is 3.